The summed E-state index contributed by atoms with van der Waals surface area (Å²) in [5, 5.41) is 3.09. The molecule has 0 bridgehead atoms. The topological polar surface area (TPSA) is 65.5 Å². The van der Waals surface area contributed by atoms with Gasteiger partial charge in [-0.2, -0.15) is 4.31 Å². The molecule has 0 aromatic carbocycles. The molecule has 7 heteroatoms. The second-order valence-electron chi connectivity index (χ2n) is 5.50. The van der Waals surface area contributed by atoms with Crippen LogP contribution in [0.4, 0.5) is 5.69 Å². The van der Waals surface area contributed by atoms with Crippen molar-refractivity contribution in [3.8, 4) is 0 Å². The molecule has 0 amide bonds. The van der Waals surface area contributed by atoms with E-state index in [-0.39, 0.29) is 4.90 Å². The van der Waals surface area contributed by atoms with Gasteiger partial charge in [-0.15, -0.1) is 0 Å². The van der Waals surface area contributed by atoms with E-state index in [0.717, 1.165) is 12.8 Å². The molecule has 2 heterocycles. The fraction of sp³-hybridized carbons (Fsp3) is 0.643. The van der Waals surface area contributed by atoms with Crippen molar-refractivity contribution in [2.75, 3.05) is 39.0 Å². The number of sulfonamides is 1. The molecule has 0 radical (unpaired) electrons. The minimum absolute atomic E-state index is 0.273. The van der Waals surface area contributed by atoms with Crippen LogP contribution in [0.25, 0.3) is 0 Å². The lowest BCUT2D eigenvalue weighted by Crippen LogP contribution is -2.44. The second-order valence-corrected chi connectivity index (χ2v) is 7.41. The average Bonchev–Trinajstić information content (AvgIpc) is 2.48. The summed E-state index contributed by atoms with van der Waals surface area (Å²) in [5.74, 6) is 0. The Kier molecular flexibility index (Phi) is 5.18. The molecule has 6 nitrogen and oxygen atoms in total. The number of rotatable bonds is 5. The first kappa shape index (κ1) is 16.2. The van der Waals surface area contributed by atoms with Crippen LogP contribution in [-0.2, 0) is 10.0 Å². The molecule has 21 heavy (non-hydrogen) atoms. The average molecular weight is 312 g/mol. The first-order valence-corrected chi connectivity index (χ1v) is 8.75. The van der Waals surface area contributed by atoms with E-state index in [0.29, 0.717) is 31.4 Å². The number of piperidine rings is 1. The molecule has 1 saturated heterocycles. The van der Waals surface area contributed by atoms with Gasteiger partial charge < -0.3 is 10.2 Å². The van der Waals surface area contributed by atoms with Crippen LogP contribution in [0.15, 0.2) is 23.4 Å². The Morgan fingerprint density at radius 1 is 1.38 bits per heavy atom. The zero-order valence-electron chi connectivity index (χ0n) is 12.9. The molecular weight excluding hydrogens is 288 g/mol. The van der Waals surface area contributed by atoms with Crippen molar-refractivity contribution in [3.05, 3.63) is 18.5 Å². The van der Waals surface area contributed by atoms with E-state index in [1.165, 1.54) is 6.20 Å². The molecule has 1 aliphatic heterocycles. The molecule has 1 aromatic rings. The maximum Gasteiger partial charge on any atom is 0.246 e. The van der Waals surface area contributed by atoms with Gasteiger partial charge in [0.05, 0.1) is 5.69 Å². The Morgan fingerprint density at radius 3 is 2.62 bits per heavy atom. The number of nitrogens with one attached hydrogen (secondary N) is 1. The monoisotopic (exact) mass is 312 g/mol. The van der Waals surface area contributed by atoms with Crippen LogP contribution in [-0.4, -0.2) is 62.4 Å². The van der Waals surface area contributed by atoms with Crippen LogP contribution in [0.2, 0.25) is 0 Å². The third kappa shape index (κ3) is 3.53. The summed E-state index contributed by atoms with van der Waals surface area (Å²) in [4.78, 5) is 6.42. The molecule has 0 spiro atoms. The van der Waals surface area contributed by atoms with Crippen LogP contribution >= 0.6 is 0 Å². The third-order valence-electron chi connectivity index (χ3n) is 3.92. The number of aromatic nitrogens is 1. The molecule has 1 aromatic heterocycles. The molecule has 0 saturated carbocycles. The highest BCUT2D eigenvalue weighted by atomic mass is 32.2. The number of hydrogen-bond donors (Lipinski definition) is 1. The Bertz CT molecular complexity index is 566. The summed E-state index contributed by atoms with van der Waals surface area (Å²) in [5.41, 5.74) is 0.627. The molecule has 1 fully saturated rings. The van der Waals surface area contributed by atoms with Gasteiger partial charge in [-0.25, -0.2) is 8.42 Å². The lowest BCUT2D eigenvalue weighted by atomic mass is 10.1. The Labute approximate surface area is 127 Å². The van der Waals surface area contributed by atoms with Crippen molar-refractivity contribution < 1.29 is 8.42 Å². The minimum atomic E-state index is -3.47. The van der Waals surface area contributed by atoms with Gasteiger partial charge in [-0.05, 0) is 39.9 Å². The lowest BCUT2D eigenvalue weighted by molar-refractivity contribution is 0.196. The van der Waals surface area contributed by atoms with Crippen LogP contribution in [0.1, 0.15) is 19.8 Å². The van der Waals surface area contributed by atoms with Gasteiger partial charge in [0.25, 0.3) is 0 Å². The van der Waals surface area contributed by atoms with E-state index in [1.807, 2.05) is 21.0 Å². The SMILES string of the molecule is CCNc1ccncc1S(=O)(=O)N1CCC(N(C)C)CC1. The van der Waals surface area contributed by atoms with Crippen LogP contribution in [0.5, 0.6) is 0 Å². The number of nitrogens with zero attached hydrogens (tertiary/aromatic N) is 3. The van der Waals surface area contributed by atoms with Gasteiger partial charge in [0.2, 0.25) is 10.0 Å². The number of hydrogen-bond acceptors (Lipinski definition) is 5. The Hall–Kier alpha value is -1.18. The lowest BCUT2D eigenvalue weighted by Gasteiger charge is -2.34. The number of pyridine rings is 1. The summed E-state index contributed by atoms with van der Waals surface area (Å²) >= 11 is 0. The van der Waals surface area contributed by atoms with Crippen LogP contribution < -0.4 is 5.32 Å². The molecule has 0 atom stereocenters. The highest BCUT2D eigenvalue weighted by Gasteiger charge is 2.31. The fourth-order valence-electron chi connectivity index (χ4n) is 2.66. The Balaban J connectivity index is 2.20. The highest BCUT2D eigenvalue weighted by molar-refractivity contribution is 7.89. The van der Waals surface area contributed by atoms with Crippen molar-refractivity contribution in [2.24, 2.45) is 0 Å². The van der Waals surface area contributed by atoms with Gasteiger partial charge in [-0.3, -0.25) is 4.98 Å². The van der Waals surface area contributed by atoms with E-state index in [1.54, 1.807) is 16.6 Å². The smallest absolute Gasteiger partial charge is 0.246 e. The first-order chi connectivity index (χ1) is 9.96. The predicted octanol–water partition coefficient (Wildman–Crippen LogP) is 1.23. The van der Waals surface area contributed by atoms with Crippen molar-refractivity contribution in [1.82, 2.24) is 14.2 Å². The van der Waals surface area contributed by atoms with Crippen molar-refractivity contribution in [2.45, 2.75) is 30.7 Å². The minimum Gasteiger partial charge on any atom is -0.384 e. The molecule has 2 rings (SSSR count). The normalized spacial score (nSPS) is 18.1. The summed E-state index contributed by atoms with van der Waals surface area (Å²) in [7, 11) is 0.608. The van der Waals surface area contributed by atoms with Crippen LogP contribution in [0.3, 0.4) is 0 Å². The van der Waals surface area contributed by atoms with Crippen molar-refractivity contribution in [1.29, 1.82) is 0 Å². The third-order valence-corrected chi connectivity index (χ3v) is 5.85. The summed E-state index contributed by atoms with van der Waals surface area (Å²) in [6, 6.07) is 2.17. The van der Waals surface area contributed by atoms with Gasteiger partial charge in [0.15, 0.2) is 0 Å². The van der Waals surface area contributed by atoms with E-state index in [2.05, 4.69) is 15.2 Å². The van der Waals surface area contributed by atoms with Crippen molar-refractivity contribution in [3.63, 3.8) is 0 Å². The fourth-order valence-corrected chi connectivity index (χ4v) is 4.24. The summed E-state index contributed by atoms with van der Waals surface area (Å²) in [6.07, 6.45) is 4.77. The maximum absolute atomic E-state index is 12.8. The summed E-state index contributed by atoms with van der Waals surface area (Å²) < 4.78 is 27.2. The highest BCUT2D eigenvalue weighted by Crippen LogP contribution is 2.26. The van der Waals surface area contributed by atoms with Gasteiger partial charge in [-0.1, -0.05) is 0 Å². The molecule has 0 unspecified atom stereocenters. The van der Waals surface area contributed by atoms with E-state index in [9.17, 15) is 8.42 Å². The molecule has 1 N–H and O–H groups in total. The molecule has 1 aliphatic rings. The predicted molar refractivity (Wildman–Crippen MR) is 83.9 cm³/mol. The first-order valence-electron chi connectivity index (χ1n) is 7.31. The number of anilines is 1. The van der Waals surface area contributed by atoms with E-state index < -0.39 is 10.0 Å². The van der Waals surface area contributed by atoms with Gasteiger partial charge in [0.1, 0.15) is 4.90 Å². The van der Waals surface area contributed by atoms with Gasteiger partial charge >= 0.3 is 0 Å². The molecule has 0 aliphatic carbocycles. The van der Waals surface area contributed by atoms with Crippen LogP contribution in [0, 0.1) is 0 Å². The molecular formula is C14H24N4O2S. The standard InChI is InChI=1S/C14H24N4O2S/c1-4-16-13-5-8-15-11-14(13)21(19,20)18-9-6-12(7-10-18)17(2)3/h5,8,11-12H,4,6-7,9-10H2,1-3H3,(H,15,16). The zero-order valence-corrected chi connectivity index (χ0v) is 13.7. The zero-order chi connectivity index (χ0) is 15.5. The van der Waals surface area contributed by atoms with Gasteiger partial charge in [0, 0.05) is 38.1 Å². The second kappa shape index (κ2) is 6.72. The Morgan fingerprint density at radius 2 is 2.05 bits per heavy atom. The summed E-state index contributed by atoms with van der Waals surface area (Å²) in [6.45, 7) is 3.74. The maximum atomic E-state index is 12.8. The van der Waals surface area contributed by atoms with E-state index in [4.69, 9.17) is 0 Å². The quantitative estimate of drug-likeness (QED) is 0.886. The van der Waals surface area contributed by atoms with E-state index >= 15 is 0 Å². The largest absolute Gasteiger partial charge is 0.384 e. The van der Waals surface area contributed by atoms with Crippen molar-refractivity contribution >= 4 is 15.7 Å². The molecule has 118 valence electrons.